The Kier molecular flexibility index (Phi) is 5.99. The highest BCUT2D eigenvalue weighted by atomic mass is 16.5. The molecular weight excluding hydrogens is 354 g/mol. The lowest BCUT2D eigenvalue weighted by atomic mass is 9.71. The van der Waals surface area contributed by atoms with Crippen molar-refractivity contribution in [2.75, 3.05) is 19.5 Å². The van der Waals surface area contributed by atoms with Gasteiger partial charge in [-0.25, -0.2) is 0 Å². The van der Waals surface area contributed by atoms with Crippen LogP contribution >= 0.6 is 0 Å². The highest BCUT2D eigenvalue weighted by Gasteiger charge is 2.32. The molecular formula is C22H29N3O3. The van der Waals surface area contributed by atoms with Crippen LogP contribution in [0.4, 0.5) is 5.69 Å². The normalized spacial score (nSPS) is 20.1. The second-order valence-electron chi connectivity index (χ2n) is 7.21. The van der Waals surface area contributed by atoms with Gasteiger partial charge >= 0.3 is 0 Å². The summed E-state index contributed by atoms with van der Waals surface area (Å²) in [4.78, 5) is 12.6. The van der Waals surface area contributed by atoms with Crippen molar-refractivity contribution in [3.05, 3.63) is 71.8 Å². The number of hydrogen-bond acceptors (Lipinski definition) is 4. The number of methoxy groups -OCH3 is 2. The predicted octanol–water partition coefficient (Wildman–Crippen LogP) is 4.34. The van der Waals surface area contributed by atoms with Gasteiger partial charge < -0.3 is 14.8 Å². The third kappa shape index (κ3) is 4.17. The fraction of sp³-hybridized carbons (Fsp3) is 0.364. The Morgan fingerprint density at radius 3 is 2.64 bits per heavy atom. The monoisotopic (exact) mass is 383 g/mol. The Labute approximate surface area is 167 Å². The fourth-order valence-corrected chi connectivity index (χ4v) is 3.42. The summed E-state index contributed by atoms with van der Waals surface area (Å²) >= 11 is 0. The van der Waals surface area contributed by atoms with E-state index in [1.54, 1.807) is 13.3 Å². The minimum absolute atomic E-state index is 0. The SMILES string of the molecule is CO/C(C)=C(/Cn1cc(NC(=O)[C@H](OC)c2ccccc2)cn1)C1(C)C=CC1.[HH]. The number of ether oxygens (including phenoxy) is 2. The second kappa shape index (κ2) is 8.44. The van der Waals surface area contributed by atoms with Crippen molar-refractivity contribution in [3.8, 4) is 0 Å². The molecule has 150 valence electrons. The summed E-state index contributed by atoms with van der Waals surface area (Å²) in [6.07, 6.45) is 8.14. The van der Waals surface area contributed by atoms with Gasteiger partial charge in [0.15, 0.2) is 6.10 Å². The average Bonchev–Trinajstić information content (AvgIpc) is 3.12. The zero-order valence-electron chi connectivity index (χ0n) is 16.8. The molecule has 28 heavy (non-hydrogen) atoms. The number of aromatic nitrogens is 2. The van der Waals surface area contributed by atoms with Crippen LogP contribution in [0.25, 0.3) is 0 Å². The first-order valence-corrected chi connectivity index (χ1v) is 9.30. The van der Waals surface area contributed by atoms with E-state index in [1.165, 1.54) is 12.7 Å². The molecule has 0 fully saturated rings. The zero-order valence-corrected chi connectivity index (χ0v) is 16.8. The number of benzene rings is 1. The molecule has 0 spiro atoms. The van der Waals surface area contributed by atoms with E-state index in [0.717, 1.165) is 17.7 Å². The van der Waals surface area contributed by atoms with Gasteiger partial charge in [0.25, 0.3) is 5.91 Å². The molecule has 6 heteroatoms. The molecule has 0 saturated heterocycles. The van der Waals surface area contributed by atoms with Crippen LogP contribution in [0.1, 0.15) is 33.4 Å². The third-order valence-corrected chi connectivity index (χ3v) is 5.25. The quantitative estimate of drug-likeness (QED) is 0.544. The number of hydrogen-bond donors (Lipinski definition) is 1. The van der Waals surface area contributed by atoms with Crippen molar-refractivity contribution in [2.24, 2.45) is 5.41 Å². The molecule has 1 aromatic heterocycles. The summed E-state index contributed by atoms with van der Waals surface area (Å²) in [5.41, 5.74) is 2.61. The molecule has 0 saturated carbocycles. The largest absolute Gasteiger partial charge is 0.501 e. The van der Waals surface area contributed by atoms with Crippen LogP contribution < -0.4 is 5.32 Å². The van der Waals surface area contributed by atoms with Gasteiger partial charge in [-0.2, -0.15) is 5.10 Å². The molecule has 0 bridgehead atoms. The molecule has 0 radical (unpaired) electrons. The Morgan fingerprint density at radius 1 is 1.36 bits per heavy atom. The van der Waals surface area contributed by atoms with E-state index < -0.39 is 6.10 Å². The Morgan fingerprint density at radius 2 is 2.07 bits per heavy atom. The van der Waals surface area contributed by atoms with Crippen LogP contribution in [0.3, 0.4) is 0 Å². The van der Waals surface area contributed by atoms with E-state index in [0.29, 0.717) is 12.2 Å². The number of allylic oxidation sites excluding steroid dienone is 4. The van der Waals surface area contributed by atoms with Crippen molar-refractivity contribution < 1.29 is 15.7 Å². The molecule has 2 aromatic rings. The molecule has 1 aliphatic rings. The number of anilines is 1. The van der Waals surface area contributed by atoms with E-state index >= 15 is 0 Å². The Hall–Kier alpha value is -2.86. The number of nitrogens with zero attached hydrogens (tertiary/aromatic N) is 2. The molecule has 1 unspecified atom stereocenters. The highest BCUT2D eigenvalue weighted by Crippen LogP contribution is 2.42. The molecule has 1 N–H and O–H groups in total. The molecule has 1 aliphatic carbocycles. The lowest BCUT2D eigenvalue weighted by molar-refractivity contribution is -0.126. The van der Waals surface area contributed by atoms with E-state index in [4.69, 9.17) is 9.47 Å². The predicted molar refractivity (Wildman–Crippen MR) is 111 cm³/mol. The van der Waals surface area contributed by atoms with Crippen molar-refractivity contribution in [3.63, 3.8) is 0 Å². The van der Waals surface area contributed by atoms with Gasteiger partial charge in [0.1, 0.15) is 0 Å². The number of nitrogens with one attached hydrogen (secondary N) is 1. The average molecular weight is 383 g/mol. The van der Waals surface area contributed by atoms with Crippen LogP contribution in [0.2, 0.25) is 0 Å². The lowest BCUT2D eigenvalue weighted by Gasteiger charge is -2.35. The van der Waals surface area contributed by atoms with Crippen molar-refractivity contribution in [1.82, 2.24) is 9.78 Å². The molecule has 1 heterocycles. The van der Waals surface area contributed by atoms with Crippen molar-refractivity contribution >= 4 is 11.6 Å². The van der Waals surface area contributed by atoms with Gasteiger partial charge in [-0.3, -0.25) is 9.48 Å². The Balaban J connectivity index is 0.00000300. The molecule has 0 aliphatic heterocycles. The standard InChI is InChI=1S/C22H27N3O3.H2/c1-16(27-3)19(22(2)11-8-12-22)15-25-14-18(13-23-25)24-21(26)20(28-4)17-9-6-5-7-10-17;/h5-11,13-14,20H,12,15H2,1-4H3,(H,24,26);1H/b19-16-;/t20-,22?;/m1./s1. The maximum absolute atomic E-state index is 12.6. The first-order chi connectivity index (χ1) is 13.5. The Bertz CT molecular complexity index is 892. The van der Waals surface area contributed by atoms with E-state index in [-0.39, 0.29) is 12.7 Å². The molecule has 6 nitrogen and oxygen atoms in total. The minimum atomic E-state index is -0.672. The molecule has 1 amide bonds. The first kappa shape index (κ1) is 19.9. The van der Waals surface area contributed by atoms with Crippen LogP contribution in [0, 0.1) is 5.41 Å². The van der Waals surface area contributed by atoms with Gasteiger partial charge in [-0.15, -0.1) is 0 Å². The lowest BCUT2D eigenvalue weighted by Crippen LogP contribution is -2.26. The third-order valence-electron chi connectivity index (χ3n) is 5.25. The number of carbonyl (C=O) groups is 1. The molecule has 3 rings (SSSR count). The summed E-state index contributed by atoms with van der Waals surface area (Å²) in [6, 6.07) is 9.41. The summed E-state index contributed by atoms with van der Waals surface area (Å²) in [6.45, 7) is 4.77. The second-order valence-corrected chi connectivity index (χ2v) is 7.21. The van der Waals surface area contributed by atoms with E-state index in [2.05, 4.69) is 29.5 Å². The van der Waals surface area contributed by atoms with Crippen LogP contribution in [0.5, 0.6) is 0 Å². The topological polar surface area (TPSA) is 65.4 Å². The summed E-state index contributed by atoms with van der Waals surface area (Å²) in [5.74, 6) is 0.669. The van der Waals surface area contributed by atoms with Crippen LogP contribution in [0.15, 0.2) is 66.2 Å². The minimum Gasteiger partial charge on any atom is -0.501 e. The van der Waals surface area contributed by atoms with Gasteiger partial charge in [0, 0.05) is 20.1 Å². The molecule has 1 aromatic carbocycles. The number of amides is 1. The number of rotatable bonds is 8. The van der Waals surface area contributed by atoms with Gasteiger partial charge in [0.2, 0.25) is 0 Å². The van der Waals surface area contributed by atoms with Crippen LogP contribution in [-0.2, 0) is 20.8 Å². The van der Waals surface area contributed by atoms with Gasteiger partial charge in [-0.05, 0) is 24.5 Å². The van der Waals surface area contributed by atoms with Crippen molar-refractivity contribution in [1.29, 1.82) is 0 Å². The highest BCUT2D eigenvalue weighted by molar-refractivity contribution is 5.94. The maximum Gasteiger partial charge on any atom is 0.258 e. The van der Waals surface area contributed by atoms with Crippen molar-refractivity contribution in [2.45, 2.75) is 32.9 Å². The first-order valence-electron chi connectivity index (χ1n) is 9.30. The van der Waals surface area contributed by atoms with Gasteiger partial charge in [-0.1, -0.05) is 49.4 Å². The molecule has 2 atom stereocenters. The van der Waals surface area contributed by atoms with Gasteiger partial charge in [0.05, 0.1) is 31.3 Å². The smallest absolute Gasteiger partial charge is 0.258 e. The maximum atomic E-state index is 12.6. The zero-order chi connectivity index (χ0) is 20.1. The fourth-order valence-electron chi connectivity index (χ4n) is 3.42. The van der Waals surface area contributed by atoms with E-state index in [1.807, 2.05) is 48.1 Å². The summed E-state index contributed by atoms with van der Waals surface area (Å²) in [7, 11) is 3.21. The summed E-state index contributed by atoms with van der Waals surface area (Å²) in [5, 5.41) is 7.29. The van der Waals surface area contributed by atoms with Crippen LogP contribution in [-0.4, -0.2) is 29.9 Å². The number of carbonyl (C=O) groups excluding carboxylic acids is 1. The van der Waals surface area contributed by atoms with E-state index in [9.17, 15) is 4.79 Å². The summed E-state index contributed by atoms with van der Waals surface area (Å²) < 4.78 is 12.7.